The zero-order valence-corrected chi connectivity index (χ0v) is 12.0. The van der Waals surface area contributed by atoms with Crippen LogP contribution in [0.2, 0.25) is 0 Å². The van der Waals surface area contributed by atoms with Crippen molar-refractivity contribution in [1.29, 1.82) is 0 Å². The Kier molecular flexibility index (Phi) is 5.09. The van der Waals surface area contributed by atoms with Crippen molar-refractivity contribution in [1.82, 2.24) is 10.6 Å². The van der Waals surface area contributed by atoms with Gasteiger partial charge in [-0.15, -0.1) is 0 Å². The van der Waals surface area contributed by atoms with E-state index in [9.17, 15) is 18.0 Å². The molecule has 0 radical (unpaired) electrons. The summed E-state index contributed by atoms with van der Waals surface area (Å²) in [6, 6.07) is 4.67. The summed E-state index contributed by atoms with van der Waals surface area (Å²) in [6.07, 6.45) is 1.13. The SMILES string of the molecule is C[C@@H](NC(N)=O)C(=O)NCc1ccc(S(C)(=O)=O)cc1. The highest BCUT2D eigenvalue weighted by Crippen LogP contribution is 2.10. The van der Waals surface area contributed by atoms with Gasteiger partial charge in [0.15, 0.2) is 9.84 Å². The number of urea groups is 1. The number of sulfone groups is 1. The van der Waals surface area contributed by atoms with Crippen molar-refractivity contribution in [3.05, 3.63) is 29.8 Å². The van der Waals surface area contributed by atoms with Gasteiger partial charge in [0.05, 0.1) is 4.90 Å². The molecule has 1 aromatic rings. The van der Waals surface area contributed by atoms with Gasteiger partial charge in [-0.2, -0.15) is 0 Å². The fourth-order valence-electron chi connectivity index (χ4n) is 1.48. The molecule has 0 saturated carbocycles. The molecule has 1 aromatic carbocycles. The van der Waals surface area contributed by atoms with E-state index >= 15 is 0 Å². The van der Waals surface area contributed by atoms with E-state index in [0.717, 1.165) is 11.8 Å². The number of nitrogens with two attached hydrogens (primary N) is 1. The fraction of sp³-hybridized carbons (Fsp3) is 0.333. The lowest BCUT2D eigenvalue weighted by Gasteiger charge is -2.12. The van der Waals surface area contributed by atoms with Crippen molar-refractivity contribution in [2.24, 2.45) is 5.73 Å². The number of hydrogen-bond acceptors (Lipinski definition) is 4. The molecule has 0 aliphatic carbocycles. The summed E-state index contributed by atoms with van der Waals surface area (Å²) in [7, 11) is -3.23. The Labute approximate surface area is 117 Å². The van der Waals surface area contributed by atoms with Gasteiger partial charge in [-0.25, -0.2) is 13.2 Å². The summed E-state index contributed by atoms with van der Waals surface area (Å²) >= 11 is 0. The van der Waals surface area contributed by atoms with E-state index in [0.29, 0.717) is 0 Å². The standard InChI is InChI=1S/C12H17N3O4S/c1-8(15-12(13)17)11(16)14-7-9-3-5-10(6-4-9)20(2,18)19/h3-6,8H,7H2,1-2H3,(H,14,16)(H3,13,15,17)/t8-/m1/s1. The minimum atomic E-state index is -3.23. The lowest BCUT2D eigenvalue weighted by molar-refractivity contribution is -0.122. The van der Waals surface area contributed by atoms with Crippen LogP contribution in [0.5, 0.6) is 0 Å². The fourth-order valence-corrected chi connectivity index (χ4v) is 2.11. The van der Waals surface area contributed by atoms with Crippen LogP contribution < -0.4 is 16.4 Å². The van der Waals surface area contributed by atoms with E-state index in [2.05, 4.69) is 10.6 Å². The predicted octanol–water partition coefficient (Wildman–Crippen LogP) is -0.237. The van der Waals surface area contributed by atoms with Crippen molar-refractivity contribution in [2.75, 3.05) is 6.26 Å². The number of nitrogens with one attached hydrogen (secondary N) is 2. The highest BCUT2D eigenvalue weighted by atomic mass is 32.2. The lowest BCUT2D eigenvalue weighted by atomic mass is 10.2. The summed E-state index contributed by atoms with van der Waals surface area (Å²) in [5.41, 5.74) is 5.66. The van der Waals surface area contributed by atoms with Crippen LogP contribution in [0.4, 0.5) is 4.79 Å². The minimum Gasteiger partial charge on any atom is -0.352 e. The van der Waals surface area contributed by atoms with Crippen molar-refractivity contribution < 1.29 is 18.0 Å². The monoisotopic (exact) mass is 299 g/mol. The Hall–Kier alpha value is -2.09. The molecule has 8 heteroatoms. The molecular formula is C12H17N3O4S. The molecule has 0 spiro atoms. The topological polar surface area (TPSA) is 118 Å². The average molecular weight is 299 g/mol. The van der Waals surface area contributed by atoms with Gasteiger partial charge in [-0.1, -0.05) is 12.1 Å². The highest BCUT2D eigenvalue weighted by Gasteiger charge is 2.13. The predicted molar refractivity (Wildman–Crippen MR) is 73.6 cm³/mol. The second-order valence-corrected chi connectivity index (χ2v) is 6.38. The summed E-state index contributed by atoms with van der Waals surface area (Å²) < 4.78 is 22.6. The maximum Gasteiger partial charge on any atom is 0.312 e. The third-order valence-corrected chi connectivity index (χ3v) is 3.70. The molecule has 0 fully saturated rings. The van der Waals surface area contributed by atoms with Crippen molar-refractivity contribution >= 4 is 21.8 Å². The number of carbonyl (C=O) groups excluding carboxylic acids is 2. The zero-order valence-electron chi connectivity index (χ0n) is 11.2. The van der Waals surface area contributed by atoms with E-state index < -0.39 is 21.9 Å². The van der Waals surface area contributed by atoms with Gasteiger partial charge >= 0.3 is 6.03 Å². The molecule has 1 atom stereocenters. The van der Waals surface area contributed by atoms with Crippen molar-refractivity contribution in [3.8, 4) is 0 Å². The van der Waals surface area contributed by atoms with Gasteiger partial charge < -0.3 is 16.4 Å². The summed E-state index contributed by atoms with van der Waals surface area (Å²) in [5, 5.41) is 4.86. The maximum atomic E-state index is 11.6. The molecule has 0 aromatic heterocycles. The lowest BCUT2D eigenvalue weighted by Crippen LogP contribution is -2.46. The Bertz CT molecular complexity index is 596. The summed E-state index contributed by atoms with van der Waals surface area (Å²) in [4.78, 5) is 22.4. The first-order chi connectivity index (χ1) is 9.20. The number of hydrogen-bond donors (Lipinski definition) is 3. The molecule has 3 amide bonds. The average Bonchev–Trinajstić information content (AvgIpc) is 2.34. The van der Waals surface area contributed by atoms with E-state index in [1.165, 1.54) is 19.1 Å². The number of rotatable bonds is 5. The van der Waals surface area contributed by atoms with Gasteiger partial charge in [0.2, 0.25) is 5.91 Å². The third kappa shape index (κ3) is 4.88. The summed E-state index contributed by atoms with van der Waals surface area (Å²) in [5.74, 6) is -0.379. The molecule has 20 heavy (non-hydrogen) atoms. The molecular weight excluding hydrogens is 282 g/mol. The van der Waals surface area contributed by atoms with Crippen LogP contribution in [0, 0.1) is 0 Å². The van der Waals surface area contributed by atoms with Gasteiger partial charge in [-0.05, 0) is 24.6 Å². The molecule has 4 N–H and O–H groups in total. The largest absolute Gasteiger partial charge is 0.352 e. The summed E-state index contributed by atoms with van der Waals surface area (Å²) in [6.45, 7) is 1.74. The van der Waals surface area contributed by atoms with Crippen molar-refractivity contribution in [2.45, 2.75) is 24.4 Å². The molecule has 0 aliphatic rings. The highest BCUT2D eigenvalue weighted by molar-refractivity contribution is 7.90. The minimum absolute atomic E-state index is 0.219. The first-order valence-corrected chi connectivity index (χ1v) is 7.72. The van der Waals surface area contributed by atoms with Crippen molar-refractivity contribution in [3.63, 3.8) is 0 Å². The first-order valence-electron chi connectivity index (χ1n) is 5.83. The van der Waals surface area contributed by atoms with Gasteiger partial charge in [-0.3, -0.25) is 4.79 Å². The maximum absolute atomic E-state index is 11.6. The molecule has 0 bridgehead atoms. The number of primary amides is 1. The van der Waals surface area contributed by atoms with Crippen LogP contribution in [0.1, 0.15) is 12.5 Å². The Morgan fingerprint density at radius 3 is 2.25 bits per heavy atom. The normalized spacial score (nSPS) is 12.5. The second kappa shape index (κ2) is 6.38. The zero-order chi connectivity index (χ0) is 15.3. The van der Waals surface area contributed by atoms with Crippen LogP contribution in [0.15, 0.2) is 29.2 Å². The van der Waals surface area contributed by atoms with E-state index in [1.54, 1.807) is 12.1 Å². The Balaban J connectivity index is 2.58. The van der Waals surface area contributed by atoms with Crippen LogP contribution in [-0.2, 0) is 21.2 Å². The molecule has 0 heterocycles. The third-order valence-electron chi connectivity index (χ3n) is 2.57. The Morgan fingerprint density at radius 2 is 1.80 bits per heavy atom. The Morgan fingerprint density at radius 1 is 1.25 bits per heavy atom. The first kappa shape index (κ1) is 16.0. The molecule has 0 saturated heterocycles. The number of carbonyl (C=O) groups is 2. The second-order valence-electron chi connectivity index (χ2n) is 4.36. The molecule has 0 aliphatic heterocycles. The molecule has 0 unspecified atom stereocenters. The number of benzene rings is 1. The van der Waals surface area contributed by atoms with Crippen LogP contribution in [-0.4, -0.2) is 32.7 Å². The van der Waals surface area contributed by atoms with E-state index in [4.69, 9.17) is 5.73 Å². The van der Waals surface area contributed by atoms with Gasteiger partial charge in [0.1, 0.15) is 6.04 Å². The number of amides is 3. The quantitative estimate of drug-likeness (QED) is 0.695. The van der Waals surface area contributed by atoms with E-state index in [1.807, 2.05) is 0 Å². The van der Waals surface area contributed by atoms with Gasteiger partial charge in [0, 0.05) is 12.8 Å². The van der Waals surface area contributed by atoms with Crippen LogP contribution >= 0.6 is 0 Å². The van der Waals surface area contributed by atoms with E-state index in [-0.39, 0.29) is 17.3 Å². The molecule has 7 nitrogen and oxygen atoms in total. The van der Waals surface area contributed by atoms with Crippen LogP contribution in [0.3, 0.4) is 0 Å². The van der Waals surface area contributed by atoms with Crippen LogP contribution in [0.25, 0.3) is 0 Å². The molecule has 1 rings (SSSR count). The smallest absolute Gasteiger partial charge is 0.312 e. The molecule has 110 valence electrons. The van der Waals surface area contributed by atoms with Gasteiger partial charge in [0.25, 0.3) is 0 Å².